The number of hydrogen-bond donors (Lipinski definition) is 1. The number of nitrogens with one attached hydrogen (secondary N) is 1. The molecule has 1 fully saturated rings. The van der Waals surface area contributed by atoms with Gasteiger partial charge in [0.1, 0.15) is 5.69 Å². The summed E-state index contributed by atoms with van der Waals surface area (Å²) in [4.78, 5) is 28.3. The Morgan fingerprint density at radius 3 is 2.52 bits per heavy atom. The van der Waals surface area contributed by atoms with E-state index in [9.17, 15) is 22.8 Å². The van der Waals surface area contributed by atoms with Crippen LogP contribution in [0.4, 0.5) is 13.2 Å². The lowest BCUT2D eigenvalue weighted by Gasteiger charge is -2.33. The molecular weight excluding hydrogens is 313 g/mol. The standard InChI is InChI=1S/C15H19F3N2O3/c1-8-11(14(22)23-3)9(2)19-12(8)13(21)20-6-4-5-10(7-20)15(16,17)18/h10,19H,4-7H2,1-3H3. The molecule has 1 saturated heterocycles. The Labute approximate surface area is 131 Å². The Morgan fingerprint density at radius 1 is 1.30 bits per heavy atom. The van der Waals surface area contributed by atoms with Crippen molar-refractivity contribution in [3.05, 3.63) is 22.5 Å². The van der Waals surface area contributed by atoms with Gasteiger partial charge in [0.2, 0.25) is 0 Å². The zero-order valence-electron chi connectivity index (χ0n) is 13.2. The first kappa shape index (κ1) is 17.4. The van der Waals surface area contributed by atoms with Crippen LogP contribution < -0.4 is 0 Å². The number of nitrogens with zero attached hydrogens (tertiary/aromatic N) is 1. The molecule has 1 aromatic heterocycles. The van der Waals surface area contributed by atoms with Gasteiger partial charge in [0, 0.05) is 18.8 Å². The molecule has 1 atom stereocenters. The highest BCUT2D eigenvalue weighted by molar-refractivity contribution is 6.00. The number of halogens is 3. The molecule has 0 aromatic carbocycles. The Bertz CT molecular complexity index is 622. The van der Waals surface area contributed by atoms with E-state index in [4.69, 9.17) is 0 Å². The van der Waals surface area contributed by atoms with Crippen molar-refractivity contribution < 1.29 is 27.5 Å². The van der Waals surface area contributed by atoms with Gasteiger partial charge in [-0.2, -0.15) is 13.2 Å². The maximum absolute atomic E-state index is 12.9. The number of methoxy groups -OCH3 is 1. The van der Waals surface area contributed by atoms with E-state index in [0.717, 1.165) is 0 Å². The van der Waals surface area contributed by atoms with Crippen LogP contribution in [-0.4, -0.2) is 48.1 Å². The summed E-state index contributed by atoms with van der Waals surface area (Å²) in [5.41, 5.74) is 1.25. The maximum Gasteiger partial charge on any atom is 0.393 e. The molecule has 23 heavy (non-hydrogen) atoms. The zero-order valence-corrected chi connectivity index (χ0v) is 13.2. The van der Waals surface area contributed by atoms with Gasteiger partial charge in [-0.1, -0.05) is 0 Å². The number of piperidine rings is 1. The van der Waals surface area contributed by atoms with E-state index in [1.54, 1.807) is 13.8 Å². The van der Waals surface area contributed by atoms with Gasteiger partial charge in [-0.3, -0.25) is 4.79 Å². The number of likely N-dealkylation sites (tertiary alicyclic amines) is 1. The van der Waals surface area contributed by atoms with E-state index >= 15 is 0 Å². The number of H-pyrrole nitrogens is 1. The molecular formula is C15H19F3N2O3. The first-order valence-corrected chi connectivity index (χ1v) is 7.30. The lowest BCUT2D eigenvalue weighted by atomic mass is 9.97. The number of hydrogen-bond acceptors (Lipinski definition) is 3. The summed E-state index contributed by atoms with van der Waals surface area (Å²) >= 11 is 0. The highest BCUT2D eigenvalue weighted by atomic mass is 19.4. The molecule has 0 radical (unpaired) electrons. The average Bonchev–Trinajstić information content (AvgIpc) is 2.80. The van der Waals surface area contributed by atoms with Crippen molar-refractivity contribution in [2.75, 3.05) is 20.2 Å². The number of amides is 1. The molecule has 128 valence electrons. The minimum Gasteiger partial charge on any atom is -0.465 e. The Hall–Kier alpha value is -1.99. The predicted octanol–water partition coefficient (Wildman–Crippen LogP) is 2.83. The topological polar surface area (TPSA) is 62.4 Å². The van der Waals surface area contributed by atoms with E-state index in [2.05, 4.69) is 9.72 Å². The SMILES string of the molecule is COC(=O)c1c(C)[nH]c(C(=O)N2CCCC(C(F)(F)F)C2)c1C. The maximum atomic E-state index is 12.9. The first-order chi connectivity index (χ1) is 10.7. The Balaban J connectivity index is 2.26. The summed E-state index contributed by atoms with van der Waals surface area (Å²) < 4.78 is 43.3. The van der Waals surface area contributed by atoms with Crippen molar-refractivity contribution in [3.8, 4) is 0 Å². The molecule has 2 rings (SSSR count). The molecule has 5 nitrogen and oxygen atoms in total. The number of alkyl halides is 3. The quantitative estimate of drug-likeness (QED) is 0.847. The largest absolute Gasteiger partial charge is 0.465 e. The van der Waals surface area contributed by atoms with Gasteiger partial charge in [0.25, 0.3) is 5.91 Å². The monoisotopic (exact) mass is 332 g/mol. The van der Waals surface area contributed by atoms with Gasteiger partial charge in [0.05, 0.1) is 18.6 Å². The first-order valence-electron chi connectivity index (χ1n) is 7.30. The van der Waals surface area contributed by atoms with E-state index in [-0.39, 0.29) is 30.8 Å². The molecule has 0 bridgehead atoms. The fourth-order valence-electron chi connectivity index (χ4n) is 2.96. The fourth-order valence-corrected chi connectivity index (χ4v) is 2.96. The van der Waals surface area contributed by atoms with Crippen molar-refractivity contribution >= 4 is 11.9 Å². The molecule has 1 aliphatic rings. The molecule has 0 saturated carbocycles. The highest BCUT2D eigenvalue weighted by Gasteiger charge is 2.43. The lowest BCUT2D eigenvalue weighted by Crippen LogP contribution is -2.44. The molecule has 1 amide bonds. The second kappa shape index (κ2) is 6.25. The van der Waals surface area contributed by atoms with Crippen molar-refractivity contribution in [2.45, 2.75) is 32.9 Å². The number of aromatic amines is 1. The number of rotatable bonds is 2. The van der Waals surface area contributed by atoms with E-state index in [1.807, 2.05) is 0 Å². The van der Waals surface area contributed by atoms with Crippen LogP contribution in [0, 0.1) is 19.8 Å². The number of aryl methyl sites for hydroxylation is 1. The molecule has 8 heteroatoms. The molecule has 1 N–H and O–H groups in total. The molecule has 1 aliphatic heterocycles. The predicted molar refractivity (Wildman–Crippen MR) is 76.3 cm³/mol. The van der Waals surface area contributed by atoms with Crippen LogP contribution in [-0.2, 0) is 4.74 Å². The molecule has 2 heterocycles. The molecule has 0 spiro atoms. The minimum atomic E-state index is -4.31. The number of carbonyl (C=O) groups is 2. The summed E-state index contributed by atoms with van der Waals surface area (Å²) in [6.45, 7) is 3.11. The van der Waals surface area contributed by atoms with Gasteiger partial charge in [-0.15, -0.1) is 0 Å². The van der Waals surface area contributed by atoms with E-state index in [0.29, 0.717) is 17.7 Å². The van der Waals surface area contributed by atoms with Crippen LogP contribution in [0.2, 0.25) is 0 Å². The van der Waals surface area contributed by atoms with Crippen molar-refractivity contribution in [1.82, 2.24) is 9.88 Å². The van der Waals surface area contributed by atoms with E-state index < -0.39 is 24.0 Å². The highest BCUT2D eigenvalue weighted by Crippen LogP contribution is 2.33. The van der Waals surface area contributed by atoms with Crippen LogP contribution in [0.1, 0.15) is 44.9 Å². The van der Waals surface area contributed by atoms with Crippen molar-refractivity contribution in [3.63, 3.8) is 0 Å². The average molecular weight is 332 g/mol. The van der Waals surface area contributed by atoms with Crippen molar-refractivity contribution in [2.24, 2.45) is 5.92 Å². The third kappa shape index (κ3) is 3.35. The molecule has 1 aromatic rings. The van der Waals surface area contributed by atoms with Gasteiger partial charge >= 0.3 is 12.1 Å². The number of ether oxygens (including phenoxy) is 1. The second-order valence-corrected chi connectivity index (χ2v) is 5.75. The minimum absolute atomic E-state index is 0.0312. The van der Waals surface area contributed by atoms with Crippen LogP contribution in [0.3, 0.4) is 0 Å². The fraction of sp³-hybridized carbons (Fsp3) is 0.600. The van der Waals surface area contributed by atoms with Gasteiger partial charge in [-0.05, 0) is 32.3 Å². The summed E-state index contributed by atoms with van der Waals surface area (Å²) in [6, 6.07) is 0. The second-order valence-electron chi connectivity index (χ2n) is 5.75. The van der Waals surface area contributed by atoms with Crippen molar-refractivity contribution in [1.29, 1.82) is 0 Å². The summed E-state index contributed by atoms with van der Waals surface area (Å²) in [5.74, 6) is -2.60. The van der Waals surface area contributed by atoms with Gasteiger partial charge < -0.3 is 14.6 Å². The van der Waals surface area contributed by atoms with Gasteiger partial charge in [-0.25, -0.2) is 4.79 Å². The van der Waals surface area contributed by atoms with Crippen LogP contribution in [0.5, 0.6) is 0 Å². The van der Waals surface area contributed by atoms with Crippen LogP contribution >= 0.6 is 0 Å². The number of aromatic nitrogens is 1. The Kier molecular flexibility index (Phi) is 4.72. The number of carbonyl (C=O) groups excluding carboxylic acids is 2. The summed E-state index contributed by atoms with van der Waals surface area (Å²) in [5, 5.41) is 0. The lowest BCUT2D eigenvalue weighted by molar-refractivity contribution is -0.184. The van der Waals surface area contributed by atoms with Gasteiger partial charge in [0.15, 0.2) is 0 Å². The number of esters is 1. The third-order valence-electron chi connectivity index (χ3n) is 4.21. The third-order valence-corrected chi connectivity index (χ3v) is 4.21. The van der Waals surface area contributed by atoms with E-state index in [1.165, 1.54) is 12.0 Å². The van der Waals surface area contributed by atoms with Crippen LogP contribution in [0.25, 0.3) is 0 Å². The zero-order chi connectivity index (χ0) is 17.4. The Morgan fingerprint density at radius 2 is 1.96 bits per heavy atom. The van der Waals surface area contributed by atoms with Crippen LogP contribution in [0.15, 0.2) is 0 Å². The smallest absolute Gasteiger partial charge is 0.393 e. The molecule has 1 unspecified atom stereocenters. The molecule has 0 aliphatic carbocycles. The summed E-state index contributed by atoms with van der Waals surface area (Å²) in [6.07, 6.45) is -3.97. The normalized spacial score (nSPS) is 18.9. The summed E-state index contributed by atoms with van der Waals surface area (Å²) in [7, 11) is 1.23.